The lowest BCUT2D eigenvalue weighted by atomic mass is 9.98. The van der Waals surface area contributed by atoms with Gasteiger partial charge in [-0.2, -0.15) is 10.2 Å². The second-order valence-electron chi connectivity index (χ2n) is 6.43. The number of nitrogens with one attached hydrogen (secondary N) is 2. The molecule has 2 heterocycles. The van der Waals surface area contributed by atoms with E-state index in [1.165, 1.54) is 6.07 Å². The number of anilines is 1. The molecule has 0 radical (unpaired) electrons. The second-order valence-corrected chi connectivity index (χ2v) is 8.26. The Balaban J connectivity index is 1.96. The number of sulfonamides is 1. The van der Waals surface area contributed by atoms with Crippen molar-refractivity contribution < 1.29 is 12.8 Å². The maximum Gasteiger partial charge on any atom is 0.347 e. The molecule has 2 aromatic rings. The Morgan fingerprint density at radius 2 is 2.27 bits per heavy atom. The second kappa shape index (κ2) is 7.01. The van der Waals surface area contributed by atoms with Gasteiger partial charge >= 0.3 is 5.69 Å². The van der Waals surface area contributed by atoms with Crippen LogP contribution in [0.3, 0.4) is 0 Å². The number of halogens is 1. The third kappa shape index (κ3) is 4.00. The lowest BCUT2D eigenvalue weighted by Crippen LogP contribution is -2.41. The minimum absolute atomic E-state index is 0.0606. The fraction of sp³-hybridized carbons (Fsp3) is 0.438. The zero-order valence-corrected chi connectivity index (χ0v) is 14.9. The van der Waals surface area contributed by atoms with Crippen LogP contribution in [-0.2, 0) is 10.0 Å². The number of nitriles is 1. The third-order valence-electron chi connectivity index (χ3n) is 4.37. The van der Waals surface area contributed by atoms with Crippen LogP contribution in [0.25, 0.3) is 10.9 Å². The molecule has 1 atom stereocenters. The molecule has 1 aliphatic rings. The minimum atomic E-state index is -3.28. The molecular weight excluding hydrogens is 361 g/mol. The Bertz CT molecular complexity index is 1040. The summed E-state index contributed by atoms with van der Waals surface area (Å²) in [6, 6.07) is 4.28. The van der Waals surface area contributed by atoms with E-state index in [-0.39, 0.29) is 17.0 Å². The van der Waals surface area contributed by atoms with E-state index in [1.54, 1.807) is 6.07 Å². The molecule has 8 nitrogen and oxygen atoms in total. The highest BCUT2D eigenvalue weighted by Crippen LogP contribution is 2.28. The first kappa shape index (κ1) is 18.3. The van der Waals surface area contributed by atoms with E-state index in [0.29, 0.717) is 30.8 Å². The van der Waals surface area contributed by atoms with Crippen LogP contribution in [0.4, 0.5) is 10.2 Å². The molecule has 2 N–H and O–H groups in total. The predicted octanol–water partition coefficient (Wildman–Crippen LogP) is 0.699. The van der Waals surface area contributed by atoms with Gasteiger partial charge in [0.2, 0.25) is 10.0 Å². The molecule has 1 aromatic heterocycles. The largest absolute Gasteiger partial charge is 0.356 e. The van der Waals surface area contributed by atoms with Crippen molar-refractivity contribution >= 4 is 26.7 Å². The molecule has 1 aromatic carbocycles. The smallest absolute Gasteiger partial charge is 0.347 e. The van der Waals surface area contributed by atoms with Crippen LogP contribution in [0.15, 0.2) is 16.9 Å². The van der Waals surface area contributed by atoms with Crippen LogP contribution in [-0.4, -0.2) is 44.3 Å². The van der Waals surface area contributed by atoms with Gasteiger partial charge in [-0.15, -0.1) is 0 Å². The zero-order valence-electron chi connectivity index (χ0n) is 14.1. The molecule has 10 heteroatoms. The zero-order chi connectivity index (χ0) is 18.9. The Morgan fingerprint density at radius 3 is 2.96 bits per heavy atom. The van der Waals surface area contributed by atoms with Crippen LogP contribution in [0.1, 0.15) is 18.4 Å². The normalized spacial score (nSPS) is 18.0. The number of aromatic amines is 1. The molecular formula is C16H18FN5O3S. The number of hydrogen-bond acceptors (Lipinski definition) is 6. The third-order valence-corrected chi connectivity index (χ3v) is 5.06. The molecule has 0 amide bonds. The number of hydrogen-bond donors (Lipinski definition) is 2. The summed E-state index contributed by atoms with van der Waals surface area (Å²) in [7, 11) is -3.28. The summed E-state index contributed by atoms with van der Waals surface area (Å²) < 4.78 is 39.0. The van der Waals surface area contributed by atoms with Gasteiger partial charge in [-0.3, -0.25) is 0 Å². The van der Waals surface area contributed by atoms with Crippen molar-refractivity contribution in [2.75, 3.05) is 30.8 Å². The maximum absolute atomic E-state index is 13.9. The topological polar surface area (TPSA) is 119 Å². The molecule has 1 aliphatic heterocycles. The van der Waals surface area contributed by atoms with Gasteiger partial charge in [0.15, 0.2) is 0 Å². The number of fused-ring (bicyclic) bond motifs is 1. The highest BCUT2D eigenvalue weighted by molar-refractivity contribution is 7.88. The number of rotatable bonds is 4. The van der Waals surface area contributed by atoms with Crippen LogP contribution in [0.5, 0.6) is 0 Å². The fourth-order valence-corrected chi connectivity index (χ4v) is 3.72. The summed E-state index contributed by atoms with van der Waals surface area (Å²) in [6.45, 7) is 1.45. The van der Waals surface area contributed by atoms with E-state index < -0.39 is 21.5 Å². The molecule has 0 spiro atoms. The summed E-state index contributed by atoms with van der Waals surface area (Å²) in [6.07, 6.45) is 2.76. The monoisotopic (exact) mass is 379 g/mol. The van der Waals surface area contributed by atoms with Gasteiger partial charge in [0.05, 0.1) is 17.3 Å². The van der Waals surface area contributed by atoms with E-state index in [9.17, 15) is 17.6 Å². The number of benzene rings is 1. The van der Waals surface area contributed by atoms with Crippen molar-refractivity contribution in [3.8, 4) is 6.07 Å². The molecule has 1 saturated heterocycles. The molecule has 3 rings (SSSR count). The van der Waals surface area contributed by atoms with Crippen molar-refractivity contribution in [3.05, 3.63) is 34.0 Å². The van der Waals surface area contributed by atoms with Gasteiger partial charge in [-0.05, 0) is 30.9 Å². The number of piperidine rings is 1. The first-order chi connectivity index (χ1) is 12.3. The van der Waals surface area contributed by atoms with Gasteiger partial charge in [-0.1, -0.05) is 0 Å². The molecule has 1 unspecified atom stereocenters. The molecule has 0 aliphatic carbocycles. The summed E-state index contributed by atoms with van der Waals surface area (Å²) in [5.41, 5.74) is -0.458. The Morgan fingerprint density at radius 1 is 1.50 bits per heavy atom. The van der Waals surface area contributed by atoms with E-state index in [1.807, 2.05) is 4.90 Å². The number of aromatic nitrogens is 2. The van der Waals surface area contributed by atoms with E-state index in [0.717, 1.165) is 25.2 Å². The standard InChI is InChI=1S/C16H18FN5O3S/c1-26(24,25)19-8-10-3-2-4-22(9-10)15-12-5-11(7-18)13(17)6-14(12)20-16(23)21-15/h5-6,10,19H,2-4,8-9H2,1H3,(H,20,21,23). The van der Waals surface area contributed by atoms with Gasteiger partial charge in [0, 0.05) is 25.0 Å². The molecule has 26 heavy (non-hydrogen) atoms. The molecule has 1 fully saturated rings. The Kier molecular flexibility index (Phi) is 4.93. The number of nitrogens with zero attached hydrogens (tertiary/aromatic N) is 3. The fourth-order valence-electron chi connectivity index (χ4n) is 3.18. The average Bonchev–Trinajstić information content (AvgIpc) is 2.58. The summed E-state index contributed by atoms with van der Waals surface area (Å²) >= 11 is 0. The van der Waals surface area contributed by atoms with E-state index in [2.05, 4.69) is 14.7 Å². The Hall–Kier alpha value is -2.51. The maximum atomic E-state index is 13.9. The van der Waals surface area contributed by atoms with Crippen molar-refractivity contribution in [1.29, 1.82) is 5.26 Å². The lowest BCUT2D eigenvalue weighted by Gasteiger charge is -2.34. The predicted molar refractivity (Wildman–Crippen MR) is 94.8 cm³/mol. The van der Waals surface area contributed by atoms with Crippen molar-refractivity contribution in [2.45, 2.75) is 12.8 Å². The summed E-state index contributed by atoms with van der Waals surface area (Å²) in [5, 5.41) is 9.55. The van der Waals surface area contributed by atoms with Gasteiger partial charge in [0.1, 0.15) is 17.7 Å². The van der Waals surface area contributed by atoms with Gasteiger partial charge in [0.25, 0.3) is 0 Å². The quantitative estimate of drug-likeness (QED) is 0.807. The van der Waals surface area contributed by atoms with Gasteiger partial charge in [-0.25, -0.2) is 22.3 Å². The van der Waals surface area contributed by atoms with Crippen molar-refractivity contribution in [1.82, 2.24) is 14.7 Å². The van der Waals surface area contributed by atoms with Crippen molar-refractivity contribution in [3.63, 3.8) is 0 Å². The van der Waals surface area contributed by atoms with Crippen LogP contribution in [0.2, 0.25) is 0 Å². The first-order valence-electron chi connectivity index (χ1n) is 8.10. The molecule has 0 bridgehead atoms. The minimum Gasteiger partial charge on any atom is -0.356 e. The van der Waals surface area contributed by atoms with Crippen LogP contribution in [0, 0.1) is 23.1 Å². The van der Waals surface area contributed by atoms with E-state index in [4.69, 9.17) is 5.26 Å². The Labute approximate surface area is 149 Å². The highest BCUT2D eigenvalue weighted by Gasteiger charge is 2.24. The highest BCUT2D eigenvalue weighted by atomic mass is 32.2. The summed E-state index contributed by atoms with van der Waals surface area (Å²) in [5.74, 6) is -0.267. The first-order valence-corrected chi connectivity index (χ1v) is 9.99. The average molecular weight is 379 g/mol. The SMILES string of the molecule is CS(=O)(=O)NCC1CCCN(c2nc(=O)[nH]c3cc(F)c(C#N)cc23)C1. The van der Waals surface area contributed by atoms with Crippen molar-refractivity contribution in [2.24, 2.45) is 5.92 Å². The lowest BCUT2D eigenvalue weighted by molar-refractivity contribution is 0.410. The van der Waals surface area contributed by atoms with Crippen LogP contribution < -0.4 is 15.3 Å². The van der Waals surface area contributed by atoms with Gasteiger partial charge < -0.3 is 9.88 Å². The summed E-state index contributed by atoms with van der Waals surface area (Å²) in [4.78, 5) is 20.3. The molecule has 138 valence electrons. The van der Waals surface area contributed by atoms with Crippen LogP contribution >= 0.6 is 0 Å². The van der Waals surface area contributed by atoms with E-state index >= 15 is 0 Å². The number of H-pyrrole nitrogens is 1. The molecule has 0 saturated carbocycles.